The van der Waals surface area contributed by atoms with Crippen molar-refractivity contribution in [3.05, 3.63) is 54.1 Å². The molecule has 0 amide bonds. The molecule has 0 aliphatic carbocycles. The third kappa shape index (κ3) is 3.60. The summed E-state index contributed by atoms with van der Waals surface area (Å²) < 4.78 is 49.5. The number of nitrogens with one attached hydrogen (secondary N) is 1. The van der Waals surface area contributed by atoms with Crippen LogP contribution in [0.3, 0.4) is 0 Å². The van der Waals surface area contributed by atoms with Gasteiger partial charge in [0.15, 0.2) is 0 Å². The van der Waals surface area contributed by atoms with E-state index >= 15 is 0 Å². The predicted octanol–water partition coefficient (Wildman–Crippen LogP) is 1.44. The first-order chi connectivity index (χ1) is 9.70. The smallest absolute Gasteiger partial charge is 0.261 e. The molecule has 112 valence electrons. The van der Waals surface area contributed by atoms with E-state index in [-0.39, 0.29) is 15.5 Å². The highest BCUT2D eigenvalue weighted by atomic mass is 32.2. The first kappa shape index (κ1) is 15.5. The van der Waals surface area contributed by atoms with Crippen LogP contribution in [-0.4, -0.2) is 16.8 Å². The number of hydrogen-bond donors (Lipinski definition) is 2. The van der Waals surface area contributed by atoms with Crippen molar-refractivity contribution >= 4 is 25.7 Å². The fourth-order valence-electron chi connectivity index (χ4n) is 1.69. The molecule has 2 aromatic carbocycles. The molecule has 0 fully saturated rings. The van der Waals surface area contributed by atoms with Crippen molar-refractivity contribution in [1.29, 1.82) is 0 Å². The second-order valence-electron chi connectivity index (χ2n) is 4.44. The van der Waals surface area contributed by atoms with Gasteiger partial charge in [0.2, 0.25) is 10.0 Å². The number of benzene rings is 2. The van der Waals surface area contributed by atoms with Crippen LogP contribution < -0.4 is 9.86 Å². The Labute approximate surface area is 123 Å². The number of primary sulfonamides is 1. The summed E-state index contributed by atoms with van der Waals surface area (Å²) in [6.07, 6.45) is 0. The van der Waals surface area contributed by atoms with Crippen LogP contribution in [-0.2, 0) is 20.0 Å². The van der Waals surface area contributed by atoms with Crippen LogP contribution in [0.4, 0.5) is 5.69 Å². The van der Waals surface area contributed by atoms with Gasteiger partial charge >= 0.3 is 0 Å². The maximum atomic E-state index is 12.2. The van der Waals surface area contributed by atoms with Gasteiger partial charge in [-0.15, -0.1) is 0 Å². The summed E-state index contributed by atoms with van der Waals surface area (Å²) in [5.74, 6) is 0. The average Bonchev–Trinajstić information content (AvgIpc) is 2.41. The van der Waals surface area contributed by atoms with Crippen molar-refractivity contribution in [2.75, 3.05) is 4.72 Å². The Hall–Kier alpha value is -1.90. The Balaban J connectivity index is 2.45. The minimum absolute atomic E-state index is 0.0883. The fraction of sp³-hybridized carbons (Fsp3) is 0.0769. The third-order valence-electron chi connectivity index (χ3n) is 2.84. The molecule has 0 aromatic heterocycles. The molecule has 0 saturated carbocycles. The van der Waals surface area contributed by atoms with Crippen molar-refractivity contribution in [2.24, 2.45) is 5.14 Å². The molecule has 0 heterocycles. The van der Waals surface area contributed by atoms with E-state index in [1.807, 2.05) is 0 Å². The molecule has 0 aliphatic rings. The average molecular weight is 326 g/mol. The van der Waals surface area contributed by atoms with Gasteiger partial charge in [-0.2, -0.15) is 0 Å². The SMILES string of the molecule is Cc1ccc(S(N)(=O)=O)cc1NS(=O)(=O)c1ccccc1. The molecule has 0 atom stereocenters. The van der Waals surface area contributed by atoms with E-state index in [0.717, 1.165) is 0 Å². The molecular formula is C13H14N2O4S2. The highest BCUT2D eigenvalue weighted by Gasteiger charge is 2.16. The van der Waals surface area contributed by atoms with Crippen LogP contribution in [0.1, 0.15) is 5.56 Å². The topological polar surface area (TPSA) is 106 Å². The van der Waals surface area contributed by atoms with Gasteiger partial charge in [0.25, 0.3) is 10.0 Å². The molecule has 8 heteroatoms. The van der Waals surface area contributed by atoms with E-state index in [0.29, 0.717) is 5.56 Å². The second-order valence-corrected chi connectivity index (χ2v) is 7.68. The molecular weight excluding hydrogens is 312 g/mol. The van der Waals surface area contributed by atoms with Crippen molar-refractivity contribution in [2.45, 2.75) is 16.7 Å². The zero-order chi connectivity index (χ0) is 15.7. The Morgan fingerprint density at radius 3 is 2.10 bits per heavy atom. The molecule has 6 nitrogen and oxygen atoms in total. The van der Waals surface area contributed by atoms with Gasteiger partial charge in [-0.05, 0) is 36.8 Å². The maximum absolute atomic E-state index is 12.2. The van der Waals surface area contributed by atoms with Crippen LogP contribution >= 0.6 is 0 Å². The number of nitrogens with two attached hydrogens (primary N) is 1. The largest absolute Gasteiger partial charge is 0.279 e. The summed E-state index contributed by atoms with van der Waals surface area (Å²) in [4.78, 5) is -0.0655. The van der Waals surface area contributed by atoms with Gasteiger partial charge in [0.05, 0.1) is 15.5 Å². The summed E-state index contributed by atoms with van der Waals surface area (Å²) in [6.45, 7) is 1.66. The lowest BCUT2D eigenvalue weighted by Crippen LogP contribution is -2.16. The van der Waals surface area contributed by atoms with E-state index in [2.05, 4.69) is 4.72 Å². The highest BCUT2D eigenvalue weighted by molar-refractivity contribution is 7.92. The quantitative estimate of drug-likeness (QED) is 0.886. The number of hydrogen-bond acceptors (Lipinski definition) is 4. The first-order valence-electron chi connectivity index (χ1n) is 5.91. The minimum Gasteiger partial charge on any atom is -0.279 e. The summed E-state index contributed by atoms with van der Waals surface area (Å²) >= 11 is 0. The van der Waals surface area contributed by atoms with Gasteiger partial charge in [-0.25, -0.2) is 22.0 Å². The Bertz CT molecular complexity index is 860. The summed E-state index contributed by atoms with van der Waals surface area (Å²) in [5, 5.41) is 5.05. The van der Waals surface area contributed by atoms with E-state index in [9.17, 15) is 16.8 Å². The van der Waals surface area contributed by atoms with Crippen LogP contribution in [0.2, 0.25) is 0 Å². The predicted molar refractivity (Wildman–Crippen MR) is 79.8 cm³/mol. The Morgan fingerprint density at radius 1 is 0.905 bits per heavy atom. The van der Waals surface area contributed by atoms with Crippen molar-refractivity contribution in [1.82, 2.24) is 0 Å². The second kappa shape index (κ2) is 5.47. The highest BCUT2D eigenvalue weighted by Crippen LogP contribution is 2.22. The minimum atomic E-state index is -3.90. The number of rotatable bonds is 4. The van der Waals surface area contributed by atoms with E-state index < -0.39 is 20.0 Å². The van der Waals surface area contributed by atoms with Crippen molar-refractivity contribution in [3.8, 4) is 0 Å². The molecule has 2 aromatic rings. The third-order valence-corrected chi connectivity index (χ3v) is 5.13. The molecule has 0 saturated heterocycles. The molecule has 0 spiro atoms. The summed E-state index contributed by atoms with van der Waals surface area (Å²) in [7, 11) is -7.68. The molecule has 0 unspecified atom stereocenters. The summed E-state index contributed by atoms with van der Waals surface area (Å²) in [6, 6.07) is 11.8. The van der Waals surface area contributed by atoms with Gasteiger partial charge < -0.3 is 0 Å². The van der Waals surface area contributed by atoms with Gasteiger partial charge in [-0.3, -0.25) is 4.72 Å². The normalized spacial score (nSPS) is 12.1. The van der Waals surface area contributed by atoms with Gasteiger partial charge in [0, 0.05) is 0 Å². The summed E-state index contributed by atoms with van der Waals surface area (Å²) in [5.41, 5.74) is 0.757. The van der Waals surface area contributed by atoms with Crippen molar-refractivity contribution in [3.63, 3.8) is 0 Å². The van der Waals surface area contributed by atoms with Crippen LogP contribution in [0, 0.1) is 6.92 Å². The lowest BCUT2D eigenvalue weighted by Gasteiger charge is -2.11. The number of anilines is 1. The molecule has 0 aliphatic heterocycles. The molecule has 0 bridgehead atoms. The fourth-order valence-corrected chi connectivity index (χ4v) is 3.37. The monoisotopic (exact) mass is 326 g/mol. The van der Waals surface area contributed by atoms with Gasteiger partial charge in [-0.1, -0.05) is 24.3 Å². The molecule has 21 heavy (non-hydrogen) atoms. The lowest BCUT2D eigenvalue weighted by molar-refractivity contribution is 0.596. The van der Waals surface area contributed by atoms with E-state index in [1.165, 1.54) is 30.3 Å². The standard InChI is InChI=1S/C13H14N2O4S2/c1-10-7-8-12(20(14,16)17)9-13(10)15-21(18,19)11-5-3-2-4-6-11/h2-9,15H,1H3,(H2,14,16,17). The van der Waals surface area contributed by atoms with E-state index in [1.54, 1.807) is 25.1 Å². The lowest BCUT2D eigenvalue weighted by atomic mass is 10.2. The number of sulfonamides is 2. The Kier molecular flexibility index (Phi) is 4.04. The van der Waals surface area contributed by atoms with Crippen molar-refractivity contribution < 1.29 is 16.8 Å². The number of aryl methyl sites for hydroxylation is 1. The maximum Gasteiger partial charge on any atom is 0.261 e. The van der Waals surface area contributed by atoms with Crippen LogP contribution in [0.25, 0.3) is 0 Å². The first-order valence-corrected chi connectivity index (χ1v) is 8.94. The molecule has 3 N–H and O–H groups in total. The molecule has 0 radical (unpaired) electrons. The van der Waals surface area contributed by atoms with Crippen LogP contribution in [0.5, 0.6) is 0 Å². The van der Waals surface area contributed by atoms with E-state index in [4.69, 9.17) is 5.14 Å². The van der Waals surface area contributed by atoms with Gasteiger partial charge in [0.1, 0.15) is 0 Å². The zero-order valence-corrected chi connectivity index (χ0v) is 12.8. The van der Waals surface area contributed by atoms with Crippen LogP contribution in [0.15, 0.2) is 58.3 Å². The Morgan fingerprint density at radius 2 is 1.52 bits per heavy atom. The zero-order valence-electron chi connectivity index (χ0n) is 11.1. The molecule has 2 rings (SSSR count).